The van der Waals surface area contributed by atoms with Crippen molar-refractivity contribution in [2.45, 2.75) is 57.0 Å². The van der Waals surface area contributed by atoms with Gasteiger partial charge < -0.3 is 37.0 Å². The van der Waals surface area contributed by atoms with E-state index in [1.54, 1.807) is 0 Å². The molecule has 0 radical (unpaired) electrons. The molecule has 5 atom stereocenters. The summed E-state index contributed by atoms with van der Waals surface area (Å²) in [6.07, 6.45) is 0.0149. The van der Waals surface area contributed by atoms with Crippen LogP contribution < -0.4 is 21.7 Å². The molecule has 0 bridgehead atoms. The first-order valence-corrected chi connectivity index (χ1v) is 10.1. The minimum atomic E-state index is -1.59. The Morgan fingerprint density at radius 1 is 0.966 bits per heavy atom. The van der Waals surface area contributed by atoms with Crippen LogP contribution in [0.15, 0.2) is 0 Å². The summed E-state index contributed by atoms with van der Waals surface area (Å²) in [7, 11) is 0. The zero-order chi connectivity index (χ0) is 22.7. The molecule has 0 aromatic carbocycles. The first-order chi connectivity index (χ1) is 13.4. The number of hydrogen-bond donors (Lipinski definition) is 7. The molecule has 12 nitrogen and oxygen atoms in total. The Kier molecular flexibility index (Phi) is 11.9. The lowest BCUT2D eigenvalue weighted by Crippen LogP contribution is -2.57. The molecule has 0 spiro atoms. The number of nitrogens with two attached hydrogens (primary N) is 1. The number of carbonyl (C=O) groups is 5. The summed E-state index contributed by atoms with van der Waals surface area (Å²) in [5, 5.41) is 33.8. The average molecular weight is 436 g/mol. The molecule has 0 heterocycles. The Bertz CT molecular complexity index is 616. The van der Waals surface area contributed by atoms with E-state index < -0.39 is 66.4 Å². The van der Waals surface area contributed by atoms with Gasteiger partial charge in [-0.25, -0.2) is 4.79 Å². The number of amides is 3. The summed E-state index contributed by atoms with van der Waals surface area (Å²) in [6, 6.07) is -5.27. The predicted molar refractivity (Wildman–Crippen MR) is 104 cm³/mol. The number of rotatable bonds is 13. The number of carbonyl (C=O) groups excluding carboxylic acids is 3. The lowest BCUT2D eigenvalue weighted by atomic mass is 10.1. The molecule has 0 aromatic rings. The number of hydrogen-bond acceptors (Lipinski definition) is 8. The molecule has 166 valence electrons. The van der Waals surface area contributed by atoms with Gasteiger partial charge in [-0.15, -0.1) is 0 Å². The third-order valence-electron chi connectivity index (χ3n) is 3.78. The van der Waals surface area contributed by atoms with Gasteiger partial charge in [0.2, 0.25) is 17.7 Å². The quantitative estimate of drug-likeness (QED) is 0.161. The molecule has 0 rings (SSSR count). The molecule has 3 amide bonds. The zero-order valence-electron chi connectivity index (χ0n) is 16.4. The normalized spacial score (nSPS) is 15.9. The Labute approximate surface area is 172 Å². The second-order valence-electron chi connectivity index (χ2n) is 6.34. The van der Waals surface area contributed by atoms with Crippen molar-refractivity contribution in [1.82, 2.24) is 16.0 Å². The van der Waals surface area contributed by atoms with Gasteiger partial charge in [-0.2, -0.15) is 11.8 Å². The number of aliphatic carboxylic acids is 2. The first kappa shape index (κ1) is 26.6. The van der Waals surface area contributed by atoms with Crippen LogP contribution in [-0.2, 0) is 24.0 Å². The molecule has 5 unspecified atom stereocenters. The van der Waals surface area contributed by atoms with Crippen molar-refractivity contribution in [3.8, 4) is 0 Å². The molecule has 0 aliphatic heterocycles. The molecule has 0 aliphatic rings. The Morgan fingerprint density at radius 2 is 1.55 bits per heavy atom. The van der Waals surface area contributed by atoms with E-state index in [-0.39, 0.29) is 0 Å². The minimum absolute atomic E-state index is 0.323. The van der Waals surface area contributed by atoms with Crippen molar-refractivity contribution < 1.29 is 39.3 Å². The van der Waals surface area contributed by atoms with Crippen LogP contribution in [0.3, 0.4) is 0 Å². The zero-order valence-corrected chi connectivity index (χ0v) is 17.2. The number of aliphatic hydroxyl groups is 1. The number of thioether (sulfide) groups is 1. The van der Waals surface area contributed by atoms with Gasteiger partial charge in [0.25, 0.3) is 0 Å². The van der Waals surface area contributed by atoms with Gasteiger partial charge >= 0.3 is 11.9 Å². The van der Waals surface area contributed by atoms with Crippen molar-refractivity contribution in [2.24, 2.45) is 5.73 Å². The van der Waals surface area contributed by atoms with Crippen LogP contribution in [0.2, 0.25) is 0 Å². The van der Waals surface area contributed by atoms with Gasteiger partial charge in [-0.1, -0.05) is 0 Å². The molecule has 0 fully saturated rings. The highest BCUT2D eigenvalue weighted by Gasteiger charge is 2.30. The van der Waals surface area contributed by atoms with Gasteiger partial charge in [-0.05, 0) is 32.3 Å². The molecule has 0 saturated heterocycles. The van der Waals surface area contributed by atoms with Gasteiger partial charge in [0.05, 0.1) is 18.6 Å². The molecule has 29 heavy (non-hydrogen) atoms. The lowest BCUT2D eigenvalue weighted by Gasteiger charge is -2.23. The molecule has 0 aromatic heterocycles. The van der Waals surface area contributed by atoms with Crippen molar-refractivity contribution in [2.75, 3.05) is 12.0 Å². The van der Waals surface area contributed by atoms with E-state index >= 15 is 0 Å². The standard InChI is InChI=1S/C16H28N4O8S/c1-7(13(24)20-12(8(2)21)16(27)28)18-15(26)10(6-11(22)23)19-14(25)9(17)4-5-29-3/h7-10,12,21H,4-6,17H2,1-3H3,(H,18,26)(H,19,25)(H,20,24)(H,22,23)(H,27,28). The highest BCUT2D eigenvalue weighted by Crippen LogP contribution is 2.02. The fraction of sp³-hybridized carbons (Fsp3) is 0.688. The van der Waals surface area contributed by atoms with Crippen LogP contribution >= 0.6 is 11.8 Å². The average Bonchev–Trinajstić information content (AvgIpc) is 2.61. The number of carboxylic acid groups (broad SMARTS) is 2. The Balaban J connectivity index is 5.03. The molecule has 13 heteroatoms. The van der Waals surface area contributed by atoms with Crippen molar-refractivity contribution in [3.05, 3.63) is 0 Å². The Hall–Kier alpha value is -2.38. The highest BCUT2D eigenvalue weighted by atomic mass is 32.2. The van der Waals surface area contributed by atoms with Gasteiger partial charge in [0, 0.05) is 0 Å². The van der Waals surface area contributed by atoms with Crippen LogP contribution in [0, 0.1) is 0 Å². The van der Waals surface area contributed by atoms with Crippen LogP contribution in [0.25, 0.3) is 0 Å². The largest absolute Gasteiger partial charge is 0.481 e. The number of carboxylic acids is 2. The first-order valence-electron chi connectivity index (χ1n) is 8.69. The maximum atomic E-state index is 12.3. The van der Waals surface area contributed by atoms with E-state index in [4.69, 9.17) is 15.9 Å². The van der Waals surface area contributed by atoms with E-state index in [0.717, 1.165) is 0 Å². The number of aliphatic hydroxyl groups excluding tert-OH is 1. The SMILES string of the molecule is CSCCC(N)C(=O)NC(CC(=O)O)C(=O)NC(C)C(=O)NC(C(=O)O)C(C)O. The molecular weight excluding hydrogens is 408 g/mol. The van der Waals surface area contributed by atoms with E-state index in [9.17, 15) is 29.1 Å². The molecule has 0 aliphatic carbocycles. The van der Waals surface area contributed by atoms with Gasteiger partial charge in [0.1, 0.15) is 12.1 Å². The van der Waals surface area contributed by atoms with Crippen LogP contribution in [0.5, 0.6) is 0 Å². The second-order valence-corrected chi connectivity index (χ2v) is 7.33. The van der Waals surface area contributed by atoms with Crippen LogP contribution in [-0.4, -0.2) is 87.3 Å². The third kappa shape index (κ3) is 10.1. The monoisotopic (exact) mass is 436 g/mol. The fourth-order valence-corrected chi connectivity index (χ4v) is 2.57. The third-order valence-corrected chi connectivity index (χ3v) is 4.42. The summed E-state index contributed by atoms with van der Waals surface area (Å²) >= 11 is 1.47. The summed E-state index contributed by atoms with van der Waals surface area (Å²) in [5.41, 5.74) is 5.70. The lowest BCUT2D eigenvalue weighted by molar-refractivity contribution is -0.145. The summed E-state index contributed by atoms with van der Waals surface area (Å²) in [4.78, 5) is 58.5. The fourth-order valence-electron chi connectivity index (χ4n) is 2.09. The van der Waals surface area contributed by atoms with Gasteiger partial charge in [0.15, 0.2) is 6.04 Å². The van der Waals surface area contributed by atoms with Crippen molar-refractivity contribution in [1.29, 1.82) is 0 Å². The maximum absolute atomic E-state index is 12.3. The number of nitrogens with one attached hydrogen (secondary N) is 3. The second kappa shape index (κ2) is 13.0. The van der Waals surface area contributed by atoms with Crippen LogP contribution in [0.1, 0.15) is 26.7 Å². The van der Waals surface area contributed by atoms with E-state index in [0.29, 0.717) is 12.2 Å². The van der Waals surface area contributed by atoms with E-state index in [1.807, 2.05) is 6.26 Å². The smallest absolute Gasteiger partial charge is 0.328 e. The predicted octanol–water partition coefficient (Wildman–Crippen LogP) is -2.52. The Morgan fingerprint density at radius 3 is 2.00 bits per heavy atom. The molecule has 8 N–H and O–H groups in total. The topological polar surface area (TPSA) is 208 Å². The van der Waals surface area contributed by atoms with Crippen LogP contribution in [0.4, 0.5) is 0 Å². The van der Waals surface area contributed by atoms with Crippen molar-refractivity contribution in [3.63, 3.8) is 0 Å². The van der Waals surface area contributed by atoms with Crippen molar-refractivity contribution >= 4 is 41.4 Å². The molecule has 0 saturated carbocycles. The summed E-state index contributed by atoms with van der Waals surface area (Å²) in [5.74, 6) is -4.82. The van der Waals surface area contributed by atoms with E-state index in [2.05, 4.69) is 16.0 Å². The molecular formula is C16H28N4O8S. The van der Waals surface area contributed by atoms with E-state index in [1.165, 1.54) is 25.6 Å². The maximum Gasteiger partial charge on any atom is 0.328 e. The highest BCUT2D eigenvalue weighted by molar-refractivity contribution is 7.98. The summed E-state index contributed by atoms with van der Waals surface area (Å²) < 4.78 is 0. The summed E-state index contributed by atoms with van der Waals surface area (Å²) in [6.45, 7) is 2.40. The van der Waals surface area contributed by atoms with Gasteiger partial charge in [-0.3, -0.25) is 19.2 Å². The minimum Gasteiger partial charge on any atom is -0.481 e.